The third-order valence-electron chi connectivity index (χ3n) is 3.62. The highest BCUT2D eigenvalue weighted by atomic mass is 32.1. The van der Waals surface area contributed by atoms with E-state index in [-0.39, 0.29) is 11.4 Å². The van der Waals surface area contributed by atoms with Crippen LogP contribution in [0.3, 0.4) is 0 Å². The minimum Gasteiger partial charge on any atom is -0.309 e. The molecule has 22 heavy (non-hydrogen) atoms. The van der Waals surface area contributed by atoms with E-state index in [1.807, 2.05) is 14.0 Å². The number of halogens is 1. The molecule has 0 bridgehead atoms. The minimum atomic E-state index is -0.337. The Labute approximate surface area is 131 Å². The molecule has 6 heteroatoms. The highest BCUT2D eigenvalue weighted by Crippen LogP contribution is 2.32. The Kier molecular flexibility index (Phi) is 4.04. The summed E-state index contributed by atoms with van der Waals surface area (Å²) in [4.78, 5) is 22.4. The van der Waals surface area contributed by atoms with Crippen LogP contribution in [0.4, 0.5) is 4.39 Å². The predicted molar refractivity (Wildman–Crippen MR) is 87.6 cm³/mol. The number of aromatic nitrogens is 2. The van der Waals surface area contributed by atoms with Gasteiger partial charge in [0.15, 0.2) is 0 Å². The lowest BCUT2D eigenvalue weighted by molar-refractivity contribution is 0.336. The lowest BCUT2D eigenvalue weighted by Crippen LogP contribution is -2.21. The summed E-state index contributed by atoms with van der Waals surface area (Å²) in [7, 11) is 1.96. The van der Waals surface area contributed by atoms with Gasteiger partial charge in [0.1, 0.15) is 16.5 Å². The molecule has 0 spiro atoms. The van der Waals surface area contributed by atoms with Gasteiger partial charge in [0, 0.05) is 16.5 Å². The topological polar surface area (TPSA) is 49.0 Å². The van der Waals surface area contributed by atoms with Crippen LogP contribution in [0.2, 0.25) is 0 Å². The maximum Gasteiger partial charge on any atom is 0.260 e. The standard InChI is InChI=1S/C16H16FN3OS/c1-3-20(2)8-13-18-15(21)14-11(9-22-16(14)19-13)10-6-4-5-7-12(10)17/h4-7,9H,3,8H2,1-2H3,(H,18,19,21). The number of nitrogens with zero attached hydrogens (tertiary/aromatic N) is 2. The van der Waals surface area contributed by atoms with Gasteiger partial charge in [0.05, 0.1) is 11.9 Å². The lowest BCUT2D eigenvalue weighted by Gasteiger charge is -2.12. The monoisotopic (exact) mass is 317 g/mol. The number of hydrogen-bond donors (Lipinski definition) is 1. The smallest absolute Gasteiger partial charge is 0.260 e. The van der Waals surface area contributed by atoms with Crippen molar-refractivity contribution in [3.8, 4) is 11.1 Å². The Hall–Kier alpha value is -2.05. The molecule has 1 N–H and O–H groups in total. The Bertz CT molecular complexity index is 871. The van der Waals surface area contributed by atoms with E-state index < -0.39 is 0 Å². The van der Waals surface area contributed by atoms with Crippen molar-refractivity contribution in [3.05, 3.63) is 51.6 Å². The fraction of sp³-hybridized carbons (Fsp3) is 0.250. The second-order valence-corrected chi connectivity index (χ2v) is 6.01. The number of benzene rings is 1. The van der Waals surface area contributed by atoms with Gasteiger partial charge >= 0.3 is 0 Å². The highest BCUT2D eigenvalue weighted by Gasteiger charge is 2.15. The minimum absolute atomic E-state index is 0.219. The number of fused-ring (bicyclic) bond motifs is 1. The molecule has 3 aromatic rings. The molecular formula is C16H16FN3OS. The normalized spacial score (nSPS) is 11.5. The van der Waals surface area contributed by atoms with Crippen molar-refractivity contribution in [2.75, 3.05) is 13.6 Å². The molecule has 114 valence electrons. The van der Waals surface area contributed by atoms with Crippen LogP contribution in [-0.2, 0) is 6.54 Å². The summed E-state index contributed by atoms with van der Waals surface area (Å²) in [6, 6.07) is 6.46. The maximum atomic E-state index is 14.0. The van der Waals surface area contributed by atoms with Gasteiger partial charge in [-0.1, -0.05) is 25.1 Å². The average molecular weight is 317 g/mol. The second-order valence-electron chi connectivity index (χ2n) is 5.15. The molecule has 0 unspecified atom stereocenters. The van der Waals surface area contributed by atoms with Gasteiger partial charge in [0.2, 0.25) is 0 Å². The summed E-state index contributed by atoms with van der Waals surface area (Å²) in [5.41, 5.74) is 0.811. The molecule has 0 amide bonds. The van der Waals surface area contributed by atoms with E-state index in [1.165, 1.54) is 17.4 Å². The van der Waals surface area contributed by atoms with E-state index in [9.17, 15) is 9.18 Å². The van der Waals surface area contributed by atoms with Gasteiger partial charge in [-0.05, 0) is 19.7 Å². The first kappa shape index (κ1) is 14.9. The van der Waals surface area contributed by atoms with Crippen molar-refractivity contribution in [3.63, 3.8) is 0 Å². The van der Waals surface area contributed by atoms with E-state index in [0.717, 1.165) is 6.54 Å². The third-order valence-corrected chi connectivity index (χ3v) is 4.49. The Morgan fingerprint density at radius 3 is 2.82 bits per heavy atom. The van der Waals surface area contributed by atoms with Gasteiger partial charge in [-0.2, -0.15) is 0 Å². The highest BCUT2D eigenvalue weighted by molar-refractivity contribution is 7.17. The molecule has 2 heterocycles. The summed E-state index contributed by atoms with van der Waals surface area (Å²) < 4.78 is 14.0. The molecule has 0 saturated heterocycles. The number of nitrogens with one attached hydrogen (secondary N) is 1. The van der Waals surface area contributed by atoms with Crippen molar-refractivity contribution in [1.82, 2.24) is 14.9 Å². The summed E-state index contributed by atoms with van der Waals surface area (Å²) in [6.45, 7) is 3.49. The van der Waals surface area contributed by atoms with Crippen LogP contribution in [-0.4, -0.2) is 28.5 Å². The van der Waals surface area contributed by atoms with Crippen LogP contribution >= 0.6 is 11.3 Å². The van der Waals surface area contributed by atoms with E-state index in [4.69, 9.17) is 0 Å². The van der Waals surface area contributed by atoms with Crippen molar-refractivity contribution in [2.45, 2.75) is 13.5 Å². The summed E-state index contributed by atoms with van der Waals surface area (Å²) in [5.74, 6) is 0.292. The molecule has 0 fully saturated rings. The van der Waals surface area contributed by atoms with E-state index >= 15 is 0 Å². The Morgan fingerprint density at radius 1 is 1.32 bits per heavy atom. The van der Waals surface area contributed by atoms with Crippen LogP contribution < -0.4 is 5.56 Å². The molecule has 4 nitrogen and oxygen atoms in total. The summed E-state index contributed by atoms with van der Waals surface area (Å²) in [6.07, 6.45) is 0. The largest absolute Gasteiger partial charge is 0.309 e. The third kappa shape index (κ3) is 2.67. The number of thiophene rings is 1. The van der Waals surface area contributed by atoms with Gasteiger partial charge in [0.25, 0.3) is 5.56 Å². The zero-order valence-corrected chi connectivity index (χ0v) is 13.2. The lowest BCUT2D eigenvalue weighted by atomic mass is 10.1. The van der Waals surface area contributed by atoms with E-state index in [0.29, 0.717) is 33.7 Å². The number of H-pyrrole nitrogens is 1. The molecule has 0 aliphatic heterocycles. The Morgan fingerprint density at radius 2 is 2.09 bits per heavy atom. The van der Waals surface area contributed by atoms with E-state index in [1.54, 1.807) is 23.6 Å². The first-order chi connectivity index (χ1) is 10.6. The van der Waals surface area contributed by atoms with Gasteiger partial charge in [-0.15, -0.1) is 11.3 Å². The van der Waals surface area contributed by atoms with Crippen molar-refractivity contribution >= 4 is 21.6 Å². The molecule has 3 rings (SSSR count). The zero-order chi connectivity index (χ0) is 15.7. The molecular weight excluding hydrogens is 301 g/mol. The Balaban J connectivity index is 2.13. The SMILES string of the molecule is CCN(C)Cc1nc2scc(-c3ccccc3F)c2c(=O)[nH]1. The number of rotatable bonds is 4. The zero-order valence-electron chi connectivity index (χ0n) is 12.4. The van der Waals surface area contributed by atoms with Gasteiger partial charge < -0.3 is 4.98 Å². The first-order valence-corrected chi connectivity index (χ1v) is 7.92. The fourth-order valence-corrected chi connectivity index (χ4v) is 3.27. The molecule has 0 aliphatic carbocycles. The molecule has 0 atom stereocenters. The van der Waals surface area contributed by atoms with Crippen LogP contribution in [0.1, 0.15) is 12.7 Å². The number of aromatic amines is 1. The molecule has 0 aliphatic rings. The fourth-order valence-electron chi connectivity index (χ4n) is 2.31. The second kappa shape index (κ2) is 5.98. The maximum absolute atomic E-state index is 14.0. The first-order valence-electron chi connectivity index (χ1n) is 7.04. The summed E-state index contributed by atoms with van der Waals surface area (Å²) in [5, 5.41) is 2.25. The summed E-state index contributed by atoms with van der Waals surface area (Å²) >= 11 is 1.36. The van der Waals surface area contributed by atoms with Crippen LogP contribution in [0.25, 0.3) is 21.3 Å². The average Bonchev–Trinajstić information content (AvgIpc) is 2.92. The van der Waals surface area contributed by atoms with Gasteiger partial charge in [-0.3, -0.25) is 9.69 Å². The van der Waals surface area contributed by atoms with Crippen LogP contribution in [0.15, 0.2) is 34.4 Å². The molecule has 2 aromatic heterocycles. The van der Waals surface area contributed by atoms with Crippen molar-refractivity contribution in [1.29, 1.82) is 0 Å². The predicted octanol–water partition coefficient (Wildman–Crippen LogP) is 3.24. The molecule has 0 radical (unpaired) electrons. The van der Waals surface area contributed by atoms with Crippen molar-refractivity contribution < 1.29 is 4.39 Å². The van der Waals surface area contributed by atoms with E-state index in [2.05, 4.69) is 14.9 Å². The van der Waals surface area contributed by atoms with Crippen LogP contribution in [0.5, 0.6) is 0 Å². The number of hydrogen-bond acceptors (Lipinski definition) is 4. The van der Waals surface area contributed by atoms with Crippen molar-refractivity contribution in [2.24, 2.45) is 0 Å². The quantitative estimate of drug-likeness (QED) is 0.803. The molecule has 1 aromatic carbocycles. The van der Waals surface area contributed by atoms with Gasteiger partial charge in [-0.25, -0.2) is 9.37 Å². The molecule has 0 saturated carbocycles. The van der Waals surface area contributed by atoms with Crippen LogP contribution in [0, 0.1) is 5.82 Å².